The van der Waals surface area contributed by atoms with Crippen molar-refractivity contribution in [2.45, 2.75) is 17.9 Å². The van der Waals surface area contributed by atoms with Crippen LogP contribution >= 0.6 is 11.8 Å². The van der Waals surface area contributed by atoms with E-state index in [9.17, 15) is 0 Å². The number of anilines is 1. The lowest BCUT2D eigenvalue weighted by molar-refractivity contribution is 0.198. The molecule has 0 aliphatic carbocycles. The molecule has 0 bridgehead atoms. The molecule has 0 amide bonds. The van der Waals surface area contributed by atoms with Gasteiger partial charge in [-0.15, -0.1) is 11.8 Å². The van der Waals surface area contributed by atoms with Gasteiger partial charge in [0.05, 0.1) is 5.52 Å². The van der Waals surface area contributed by atoms with Crippen LogP contribution < -0.4 is 4.90 Å². The summed E-state index contributed by atoms with van der Waals surface area (Å²) in [7, 11) is 0. The highest BCUT2D eigenvalue weighted by molar-refractivity contribution is 7.98. The molecule has 3 aromatic rings. The SMILES string of the molecule is CSc1cnc(N2CCN(C(C)c3ccc4cccnc4c3)CC2)nc1. The van der Waals surface area contributed by atoms with Gasteiger partial charge >= 0.3 is 0 Å². The highest BCUT2D eigenvalue weighted by Crippen LogP contribution is 2.25. The van der Waals surface area contributed by atoms with Crippen LogP contribution in [0.1, 0.15) is 18.5 Å². The molecule has 4 rings (SSSR count). The highest BCUT2D eigenvalue weighted by atomic mass is 32.2. The molecular formula is C20H23N5S. The van der Waals surface area contributed by atoms with Crippen LogP contribution in [0.2, 0.25) is 0 Å². The average Bonchev–Trinajstić information content (AvgIpc) is 2.73. The van der Waals surface area contributed by atoms with Crippen molar-refractivity contribution in [2.24, 2.45) is 0 Å². The van der Waals surface area contributed by atoms with Crippen molar-refractivity contribution in [2.75, 3.05) is 37.3 Å². The maximum atomic E-state index is 4.50. The first-order valence-electron chi connectivity index (χ1n) is 8.94. The Bertz CT molecular complexity index is 875. The summed E-state index contributed by atoms with van der Waals surface area (Å²) in [5.74, 6) is 0.838. The topological polar surface area (TPSA) is 45.2 Å². The first-order valence-corrected chi connectivity index (χ1v) is 10.2. The fourth-order valence-electron chi connectivity index (χ4n) is 3.44. The van der Waals surface area contributed by atoms with Gasteiger partial charge in [0.15, 0.2) is 0 Å². The second-order valence-corrected chi connectivity index (χ2v) is 7.46. The predicted molar refractivity (Wildman–Crippen MR) is 108 cm³/mol. The second kappa shape index (κ2) is 7.60. The Balaban J connectivity index is 1.42. The minimum Gasteiger partial charge on any atom is -0.338 e. The lowest BCUT2D eigenvalue weighted by Crippen LogP contribution is -2.47. The summed E-state index contributed by atoms with van der Waals surface area (Å²) >= 11 is 1.67. The molecule has 1 saturated heterocycles. The summed E-state index contributed by atoms with van der Waals surface area (Å²) in [4.78, 5) is 19.4. The molecule has 1 aliphatic heterocycles. The van der Waals surface area contributed by atoms with Gasteiger partial charge in [-0.2, -0.15) is 0 Å². The number of pyridine rings is 1. The maximum absolute atomic E-state index is 4.50. The van der Waals surface area contributed by atoms with Gasteiger partial charge in [0, 0.05) is 61.1 Å². The van der Waals surface area contributed by atoms with E-state index in [0.717, 1.165) is 42.5 Å². The summed E-state index contributed by atoms with van der Waals surface area (Å²) in [5, 5.41) is 1.19. The minimum atomic E-state index is 0.378. The number of fused-ring (bicyclic) bond motifs is 1. The van der Waals surface area contributed by atoms with Gasteiger partial charge in [-0.1, -0.05) is 18.2 Å². The highest BCUT2D eigenvalue weighted by Gasteiger charge is 2.23. The number of nitrogens with zero attached hydrogens (tertiary/aromatic N) is 5. The quantitative estimate of drug-likeness (QED) is 0.658. The molecule has 1 aromatic carbocycles. The molecular weight excluding hydrogens is 342 g/mol. The van der Waals surface area contributed by atoms with Crippen LogP contribution in [-0.4, -0.2) is 52.3 Å². The first-order chi connectivity index (χ1) is 12.7. The smallest absolute Gasteiger partial charge is 0.225 e. The lowest BCUT2D eigenvalue weighted by Gasteiger charge is -2.38. The summed E-state index contributed by atoms with van der Waals surface area (Å²) in [6.45, 7) is 6.21. The Hall–Kier alpha value is -2.18. The molecule has 0 spiro atoms. The van der Waals surface area contributed by atoms with Crippen LogP contribution in [0.25, 0.3) is 10.9 Å². The van der Waals surface area contributed by atoms with Crippen molar-refractivity contribution in [1.29, 1.82) is 0 Å². The van der Waals surface area contributed by atoms with E-state index in [1.54, 1.807) is 11.8 Å². The van der Waals surface area contributed by atoms with E-state index < -0.39 is 0 Å². The van der Waals surface area contributed by atoms with E-state index in [2.05, 4.69) is 55.9 Å². The molecule has 5 nitrogen and oxygen atoms in total. The number of benzene rings is 1. The van der Waals surface area contributed by atoms with Gasteiger partial charge in [0.2, 0.25) is 5.95 Å². The molecule has 26 heavy (non-hydrogen) atoms. The number of hydrogen-bond acceptors (Lipinski definition) is 6. The summed E-state index contributed by atoms with van der Waals surface area (Å²) in [6.07, 6.45) is 7.72. The fraction of sp³-hybridized carbons (Fsp3) is 0.350. The van der Waals surface area contributed by atoms with Crippen LogP contribution in [-0.2, 0) is 0 Å². The Labute approximate surface area is 158 Å². The zero-order chi connectivity index (χ0) is 17.9. The number of piperazine rings is 1. The second-order valence-electron chi connectivity index (χ2n) is 6.58. The van der Waals surface area contributed by atoms with E-state index in [1.807, 2.05) is 30.9 Å². The van der Waals surface area contributed by atoms with Gasteiger partial charge in [-0.3, -0.25) is 9.88 Å². The Morgan fingerprint density at radius 3 is 2.50 bits per heavy atom. The van der Waals surface area contributed by atoms with Crippen LogP contribution in [0.15, 0.2) is 53.8 Å². The Kier molecular flexibility index (Phi) is 5.04. The zero-order valence-electron chi connectivity index (χ0n) is 15.2. The molecule has 2 aromatic heterocycles. The van der Waals surface area contributed by atoms with Crippen LogP contribution in [0.5, 0.6) is 0 Å². The van der Waals surface area contributed by atoms with Gasteiger partial charge in [0.25, 0.3) is 0 Å². The van der Waals surface area contributed by atoms with Gasteiger partial charge in [-0.05, 0) is 30.9 Å². The Morgan fingerprint density at radius 1 is 1.00 bits per heavy atom. The van der Waals surface area contributed by atoms with Crippen molar-refractivity contribution in [1.82, 2.24) is 19.9 Å². The standard InChI is InChI=1S/C20H23N5S/c1-15(17-6-5-16-4-3-7-21-19(16)12-17)24-8-10-25(11-9-24)20-22-13-18(26-2)14-23-20/h3-7,12-15H,8-11H2,1-2H3. The molecule has 134 valence electrons. The van der Waals surface area contributed by atoms with Crippen LogP contribution in [0, 0.1) is 0 Å². The normalized spacial score (nSPS) is 16.8. The molecule has 1 atom stereocenters. The Morgan fingerprint density at radius 2 is 1.77 bits per heavy atom. The number of aromatic nitrogens is 3. The predicted octanol–water partition coefficient (Wildman–Crippen LogP) is 3.63. The third kappa shape index (κ3) is 3.52. The van der Waals surface area contributed by atoms with Crippen molar-refractivity contribution >= 4 is 28.6 Å². The van der Waals surface area contributed by atoms with Gasteiger partial charge < -0.3 is 4.90 Å². The van der Waals surface area contributed by atoms with Crippen molar-refractivity contribution in [3.8, 4) is 0 Å². The van der Waals surface area contributed by atoms with Crippen LogP contribution in [0.4, 0.5) is 5.95 Å². The number of thioether (sulfide) groups is 1. The molecule has 3 heterocycles. The molecule has 6 heteroatoms. The van der Waals surface area contributed by atoms with E-state index >= 15 is 0 Å². The van der Waals surface area contributed by atoms with Crippen molar-refractivity contribution in [3.05, 3.63) is 54.5 Å². The van der Waals surface area contributed by atoms with E-state index in [-0.39, 0.29) is 0 Å². The third-order valence-electron chi connectivity index (χ3n) is 5.11. The van der Waals surface area contributed by atoms with Gasteiger partial charge in [0.1, 0.15) is 0 Å². The molecule has 0 saturated carbocycles. The summed E-state index contributed by atoms with van der Waals surface area (Å²) in [5.41, 5.74) is 2.39. The van der Waals surface area contributed by atoms with E-state index in [1.165, 1.54) is 10.9 Å². The third-order valence-corrected chi connectivity index (χ3v) is 5.79. The fourth-order valence-corrected chi connectivity index (χ4v) is 3.76. The molecule has 0 N–H and O–H groups in total. The molecule has 1 unspecified atom stereocenters. The summed E-state index contributed by atoms with van der Waals surface area (Å²) in [6, 6.07) is 11.1. The van der Waals surface area contributed by atoms with Crippen molar-refractivity contribution in [3.63, 3.8) is 0 Å². The largest absolute Gasteiger partial charge is 0.338 e. The van der Waals surface area contributed by atoms with Crippen LogP contribution in [0.3, 0.4) is 0 Å². The minimum absolute atomic E-state index is 0.378. The van der Waals surface area contributed by atoms with E-state index in [0.29, 0.717) is 6.04 Å². The average molecular weight is 366 g/mol. The number of hydrogen-bond donors (Lipinski definition) is 0. The monoisotopic (exact) mass is 365 g/mol. The lowest BCUT2D eigenvalue weighted by atomic mass is 10.0. The molecule has 1 fully saturated rings. The van der Waals surface area contributed by atoms with Gasteiger partial charge in [-0.25, -0.2) is 9.97 Å². The maximum Gasteiger partial charge on any atom is 0.225 e. The van der Waals surface area contributed by atoms with Crippen molar-refractivity contribution < 1.29 is 0 Å². The molecule has 0 radical (unpaired) electrons. The molecule has 1 aliphatic rings. The first kappa shape index (κ1) is 17.2. The number of rotatable bonds is 4. The van der Waals surface area contributed by atoms with E-state index in [4.69, 9.17) is 0 Å². The zero-order valence-corrected chi connectivity index (χ0v) is 16.0. The summed E-state index contributed by atoms with van der Waals surface area (Å²) < 4.78 is 0.